The highest BCUT2D eigenvalue weighted by Gasteiger charge is 2.44. The highest BCUT2D eigenvalue weighted by molar-refractivity contribution is 5.83. The number of hydrogen-bond acceptors (Lipinski definition) is 5. The third-order valence-corrected chi connectivity index (χ3v) is 3.49. The molecule has 1 amide bonds. The molecule has 6 nitrogen and oxygen atoms in total. The molecule has 0 aromatic rings. The van der Waals surface area contributed by atoms with Crippen LogP contribution in [0.3, 0.4) is 0 Å². The van der Waals surface area contributed by atoms with E-state index in [2.05, 4.69) is 10.2 Å². The molecule has 1 heterocycles. The van der Waals surface area contributed by atoms with Crippen LogP contribution in [0.25, 0.3) is 0 Å². The maximum atomic E-state index is 12.1. The average molecular weight is 259 g/mol. The van der Waals surface area contributed by atoms with E-state index in [4.69, 9.17) is 15.2 Å². The van der Waals surface area contributed by atoms with Crippen LogP contribution in [0.15, 0.2) is 0 Å². The summed E-state index contributed by atoms with van der Waals surface area (Å²) in [6.45, 7) is 5.67. The Bertz CT molecular complexity index is 275. The minimum absolute atomic E-state index is 0.0207. The average Bonchev–Trinajstić information content (AvgIpc) is 2.68. The number of amides is 1. The van der Waals surface area contributed by atoms with Crippen molar-refractivity contribution in [2.45, 2.75) is 13.0 Å². The van der Waals surface area contributed by atoms with Gasteiger partial charge >= 0.3 is 0 Å². The fraction of sp³-hybridized carbons (Fsp3) is 0.917. The molecule has 0 bridgehead atoms. The van der Waals surface area contributed by atoms with Crippen molar-refractivity contribution in [2.75, 3.05) is 53.6 Å². The Morgan fingerprint density at radius 2 is 2.33 bits per heavy atom. The zero-order valence-corrected chi connectivity index (χ0v) is 11.6. The summed E-state index contributed by atoms with van der Waals surface area (Å²) in [7, 11) is 3.68. The molecule has 18 heavy (non-hydrogen) atoms. The number of nitrogens with one attached hydrogen (secondary N) is 1. The van der Waals surface area contributed by atoms with Crippen molar-refractivity contribution in [3.63, 3.8) is 0 Å². The summed E-state index contributed by atoms with van der Waals surface area (Å²) in [5.74, 6) is -0.0207. The minimum Gasteiger partial charge on any atom is -0.383 e. The van der Waals surface area contributed by atoms with Crippen LogP contribution in [0, 0.1) is 5.41 Å². The van der Waals surface area contributed by atoms with Crippen LogP contribution in [0.2, 0.25) is 0 Å². The fourth-order valence-electron chi connectivity index (χ4n) is 1.84. The summed E-state index contributed by atoms with van der Waals surface area (Å²) in [4.78, 5) is 14.2. The van der Waals surface area contributed by atoms with E-state index in [1.807, 2.05) is 14.0 Å². The smallest absolute Gasteiger partial charge is 0.229 e. The Morgan fingerprint density at radius 1 is 1.61 bits per heavy atom. The van der Waals surface area contributed by atoms with Crippen LogP contribution in [-0.4, -0.2) is 70.5 Å². The number of rotatable bonds is 7. The van der Waals surface area contributed by atoms with Crippen LogP contribution < -0.4 is 11.1 Å². The molecule has 1 fully saturated rings. The first-order valence-electron chi connectivity index (χ1n) is 6.30. The lowest BCUT2D eigenvalue weighted by Crippen LogP contribution is -2.51. The number of carbonyl (C=O) groups excluding carboxylic acids is 1. The summed E-state index contributed by atoms with van der Waals surface area (Å²) < 4.78 is 10.3. The van der Waals surface area contributed by atoms with Gasteiger partial charge < -0.3 is 25.4 Å². The van der Waals surface area contributed by atoms with Gasteiger partial charge in [0.25, 0.3) is 0 Å². The minimum atomic E-state index is -0.592. The molecular formula is C12H25N3O3. The molecule has 0 radical (unpaired) electrons. The Balaban J connectivity index is 2.25. The van der Waals surface area contributed by atoms with E-state index < -0.39 is 5.41 Å². The summed E-state index contributed by atoms with van der Waals surface area (Å²) in [6.07, 6.45) is 0. The van der Waals surface area contributed by atoms with E-state index in [0.29, 0.717) is 26.4 Å². The maximum absolute atomic E-state index is 12.1. The van der Waals surface area contributed by atoms with Crippen molar-refractivity contribution in [3.05, 3.63) is 0 Å². The van der Waals surface area contributed by atoms with Crippen LogP contribution in [0.5, 0.6) is 0 Å². The topological polar surface area (TPSA) is 76.8 Å². The van der Waals surface area contributed by atoms with Crippen LogP contribution in [0.1, 0.15) is 6.92 Å². The molecule has 0 aliphatic carbocycles. The van der Waals surface area contributed by atoms with Gasteiger partial charge in [-0.05, 0) is 14.0 Å². The monoisotopic (exact) mass is 259 g/mol. The third-order valence-electron chi connectivity index (χ3n) is 3.49. The second-order valence-electron chi connectivity index (χ2n) is 5.09. The molecular weight excluding hydrogens is 234 g/mol. The number of likely N-dealkylation sites (N-methyl/N-ethyl adjacent to an activating group) is 1. The molecule has 0 aromatic heterocycles. The Hall–Kier alpha value is -0.690. The first-order valence-corrected chi connectivity index (χ1v) is 6.30. The molecule has 6 heteroatoms. The zero-order valence-electron chi connectivity index (χ0n) is 11.6. The summed E-state index contributed by atoms with van der Waals surface area (Å²) >= 11 is 0. The van der Waals surface area contributed by atoms with Gasteiger partial charge in [-0.15, -0.1) is 0 Å². The molecule has 0 aromatic carbocycles. The van der Waals surface area contributed by atoms with Crippen molar-refractivity contribution in [2.24, 2.45) is 11.1 Å². The standard InChI is InChI=1S/C12H25N3O3/c1-12(9-18-8-10(12)13)11(16)14-4-5-15(2)6-7-17-3/h10H,4-9,13H2,1-3H3,(H,14,16). The maximum Gasteiger partial charge on any atom is 0.229 e. The van der Waals surface area contributed by atoms with Gasteiger partial charge in [0, 0.05) is 32.8 Å². The third kappa shape index (κ3) is 3.91. The normalized spacial score (nSPS) is 27.7. The number of nitrogens with two attached hydrogens (primary N) is 1. The molecule has 1 saturated heterocycles. The van der Waals surface area contributed by atoms with E-state index in [-0.39, 0.29) is 11.9 Å². The number of hydrogen-bond donors (Lipinski definition) is 2. The predicted molar refractivity (Wildman–Crippen MR) is 69.3 cm³/mol. The fourth-order valence-corrected chi connectivity index (χ4v) is 1.84. The first-order chi connectivity index (χ1) is 8.50. The van der Waals surface area contributed by atoms with E-state index in [1.165, 1.54) is 0 Å². The van der Waals surface area contributed by atoms with Crippen LogP contribution in [-0.2, 0) is 14.3 Å². The highest BCUT2D eigenvalue weighted by atomic mass is 16.5. The molecule has 2 unspecified atom stereocenters. The predicted octanol–water partition coefficient (Wildman–Crippen LogP) is -0.955. The largest absolute Gasteiger partial charge is 0.383 e. The van der Waals surface area contributed by atoms with Gasteiger partial charge in [-0.1, -0.05) is 0 Å². The van der Waals surface area contributed by atoms with Gasteiger partial charge in [0.1, 0.15) is 0 Å². The van der Waals surface area contributed by atoms with Gasteiger partial charge in [-0.25, -0.2) is 0 Å². The van der Waals surface area contributed by atoms with Crippen LogP contribution >= 0.6 is 0 Å². The molecule has 0 spiro atoms. The highest BCUT2D eigenvalue weighted by Crippen LogP contribution is 2.26. The number of carbonyl (C=O) groups is 1. The van der Waals surface area contributed by atoms with E-state index in [9.17, 15) is 4.79 Å². The van der Waals surface area contributed by atoms with E-state index in [0.717, 1.165) is 13.1 Å². The molecule has 1 aliphatic rings. The number of methoxy groups -OCH3 is 1. The van der Waals surface area contributed by atoms with Gasteiger partial charge in [0.2, 0.25) is 5.91 Å². The quantitative estimate of drug-likeness (QED) is 0.616. The van der Waals surface area contributed by atoms with Crippen molar-refractivity contribution in [1.82, 2.24) is 10.2 Å². The lowest BCUT2D eigenvalue weighted by molar-refractivity contribution is -0.130. The zero-order chi connectivity index (χ0) is 13.6. The van der Waals surface area contributed by atoms with E-state index >= 15 is 0 Å². The Morgan fingerprint density at radius 3 is 2.89 bits per heavy atom. The first kappa shape index (κ1) is 15.4. The molecule has 3 N–H and O–H groups in total. The van der Waals surface area contributed by atoms with Crippen molar-refractivity contribution in [3.8, 4) is 0 Å². The van der Waals surface area contributed by atoms with Crippen molar-refractivity contribution >= 4 is 5.91 Å². The summed E-state index contributed by atoms with van der Waals surface area (Å²) in [6, 6.07) is -0.219. The summed E-state index contributed by atoms with van der Waals surface area (Å²) in [5, 5.41) is 2.92. The Labute approximate surface area is 109 Å². The van der Waals surface area contributed by atoms with Gasteiger partial charge in [-0.3, -0.25) is 4.79 Å². The molecule has 1 aliphatic heterocycles. The molecule has 1 rings (SSSR count). The molecule has 2 atom stereocenters. The lowest BCUT2D eigenvalue weighted by atomic mass is 9.85. The van der Waals surface area contributed by atoms with Gasteiger partial charge in [0.05, 0.1) is 25.2 Å². The van der Waals surface area contributed by atoms with Crippen LogP contribution in [0.4, 0.5) is 0 Å². The number of ether oxygens (including phenoxy) is 2. The van der Waals surface area contributed by atoms with Crippen molar-refractivity contribution in [1.29, 1.82) is 0 Å². The van der Waals surface area contributed by atoms with Gasteiger partial charge in [-0.2, -0.15) is 0 Å². The second-order valence-corrected chi connectivity index (χ2v) is 5.09. The Kier molecular flexibility index (Phi) is 6.01. The van der Waals surface area contributed by atoms with Gasteiger partial charge in [0.15, 0.2) is 0 Å². The van der Waals surface area contributed by atoms with E-state index in [1.54, 1.807) is 7.11 Å². The number of nitrogens with zero attached hydrogens (tertiary/aromatic N) is 1. The van der Waals surface area contributed by atoms with Crippen molar-refractivity contribution < 1.29 is 14.3 Å². The SMILES string of the molecule is COCCN(C)CCNC(=O)C1(C)COCC1N. The summed E-state index contributed by atoms with van der Waals surface area (Å²) in [5.41, 5.74) is 5.31. The second kappa shape index (κ2) is 7.04. The lowest BCUT2D eigenvalue weighted by Gasteiger charge is -2.26. The molecule has 0 saturated carbocycles. The molecule has 106 valence electrons.